The summed E-state index contributed by atoms with van der Waals surface area (Å²) in [5.41, 5.74) is 12.6. The predicted octanol–water partition coefficient (Wildman–Crippen LogP) is 17.1. The van der Waals surface area contributed by atoms with E-state index in [-0.39, 0.29) is 0 Å². The highest BCUT2D eigenvalue weighted by atomic mass is 16.3. The summed E-state index contributed by atoms with van der Waals surface area (Å²) in [6, 6.07) is 73.9. The van der Waals surface area contributed by atoms with Crippen LogP contribution < -0.4 is 4.90 Å². The highest BCUT2D eigenvalue weighted by Crippen LogP contribution is 2.42. The molecule has 0 atom stereocenters. The molecular formula is C61H42N2O. The molecule has 0 N–H and O–H groups in total. The molecule has 0 spiro atoms. The van der Waals surface area contributed by atoms with Gasteiger partial charge in [0.15, 0.2) is 0 Å². The molecule has 3 heteroatoms. The van der Waals surface area contributed by atoms with Crippen LogP contribution in [-0.2, 0) is 0 Å². The molecule has 0 aliphatic heterocycles. The Balaban J connectivity index is 0.972. The van der Waals surface area contributed by atoms with Crippen LogP contribution in [0.3, 0.4) is 0 Å². The van der Waals surface area contributed by atoms with Crippen molar-refractivity contribution in [3.05, 3.63) is 242 Å². The molecule has 0 aliphatic carbocycles. The molecule has 3 nitrogen and oxygen atoms in total. The third-order valence-corrected chi connectivity index (χ3v) is 12.9. The van der Waals surface area contributed by atoms with Gasteiger partial charge < -0.3 is 13.9 Å². The van der Waals surface area contributed by atoms with Crippen LogP contribution in [0.2, 0.25) is 0 Å². The summed E-state index contributed by atoms with van der Waals surface area (Å²) in [4.78, 5) is 2.36. The number of allylic oxidation sites excluding steroid dienone is 4. The molecule has 64 heavy (non-hydrogen) atoms. The van der Waals surface area contributed by atoms with Crippen molar-refractivity contribution >= 4 is 93.0 Å². The minimum absolute atomic E-state index is 0.898. The molecular weight excluding hydrogens is 777 g/mol. The standard InChI is InChI=1S/C61H42N2O/c1-3-43(32-28-40(2)42-31-37-59-57(38-42)53-22-11-13-26-58(53)63(59)44-16-5-4-6-17-44)62(46-35-36-52-50-20-8-7-18-48(50)49-19-9-10-21-51(49)56(52)39-46)45-33-29-41(30-34-45)47-24-15-25-55-54-23-12-14-27-60(54)64-61(47)55/h3-39H,2H2,1H3/b32-28-,43-3+. The summed E-state index contributed by atoms with van der Waals surface area (Å²) < 4.78 is 8.81. The summed E-state index contributed by atoms with van der Waals surface area (Å²) >= 11 is 0. The zero-order chi connectivity index (χ0) is 42.7. The molecule has 0 saturated carbocycles. The molecule has 302 valence electrons. The zero-order valence-electron chi connectivity index (χ0n) is 35.4. The van der Waals surface area contributed by atoms with Gasteiger partial charge in [-0.15, -0.1) is 0 Å². The number of rotatable bonds is 8. The first kappa shape index (κ1) is 37.4. The van der Waals surface area contributed by atoms with Gasteiger partial charge in [-0.2, -0.15) is 0 Å². The molecule has 12 aromatic rings. The minimum atomic E-state index is 0.898. The largest absolute Gasteiger partial charge is 0.455 e. The van der Waals surface area contributed by atoms with Crippen molar-refractivity contribution in [3.63, 3.8) is 0 Å². The lowest BCUT2D eigenvalue weighted by Crippen LogP contribution is -2.15. The molecule has 0 saturated heterocycles. The molecule has 0 unspecified atom stereocenters. The van der Waals surface area contributed by atoms with Crippen LogP contribution in [0.4, 0.5) is 11.4 Å². The first-order valence-electron chi connectivity index (χ1n) is 21.9. The molecule has 2 heterocycles. The Labute approximate surface area is 371 Å². The van der Waals surface area contributed by atoms with Gasteiger partial charge in [-0.1, -0.05) is 164 Å². The van der Waals surface area contributed by atoms with Gasteiger partial charge in [0.1, 0.15) is 11.2 Å². The molecule has 0 radical (unpaired) electrons. The third-order valence-electron chi connectivity index (χ3n) is 12.9. The number of hydrogen-bond acceptors (Lipinski definition) is 2. The average molecular weight is 819 g/mol. The second-order valence-electron chi connectivity index (χ2n) is 16.5. The number of fused-ring (bicyclic) bond motifs is 12. The Morgan fingerprint density at radius 3 is 1.80 bits per heavy atom. The Kier molecular flexibility index (Phi) is 8.87. The lowest BCUT2D eigenvalue weighted by Gasteiger charge is -2.27. The molecule has 0 aliphatic rings. The number of nitrogens with zero attached hydrogens (tertiary/aromatic N) is 2. The van der Waals surface area contributed by atoms with Crippen LogP contribution in [0.25, 0.3) is 98.4 Å². The molecule has 0 bridgehead atoms. The van der Waals surface area contributed by atoms with Crippen molar-refractivity contribution < 1.29 is 4.42 Å². The Bertz CT molecular complexity index is 3830. The fourth-order valence-electron chi connectivity index (χ4n) is 9.86. The van der Waals surface area contributed by atoms with Crippen molar-refractivity contribution in [2.45, 2.75) is 6.92 Å². The Hall–Kier alpha value is -8.40. The maximum atomic E-state index is 6.47. The topological polar surface area (TPSA) is 21.3 Å². The summed E-state index contributed by atoms with van der Waals surface area (Å²) in [5.74, 6) is 0. The van der Waals surface area contributed by atoms with Crippen molar-refractivity contribution in [2.75, 3.05) is 4.90 Å². The zero-order valence-corrected chi connectivity index (χ0v) is 35.4. The van der Waals surface area contributed by atoms with Gasteiger partial charge in [0.05, 0.1) is 11.0 Å². The van der Waals surface area contributed by atoms with Crippen LogP contribution in [0.15, 0.2) is 241 Å². The van der Waals surface area contributed by atoms with E-state index in [0.717, 1.165) is 67.0 Å². The van der Waals surface area contributed by atoms with Crippen LogP contribution in [0, 0.1) is 0 Å². The second-order valence-corrected chi connectivity index (χ2v) is 16.5. The van der Waals surface area contributed by atoms with Gasteiger partial charge in [0.25, 0.3) is 0 Å². The lowest BCUT2D eigenvalue weighted by atomic mass is 9.94. The van der Waals surface area contributed by atoms with E-state index in [2.05, 4.69) is 235 Å². The fourth-order valence-corrected chi connectivity index (χ4v) is 9.86. The van der Waals surface area contributed by atoms with Gasteiger partial charge in [0, 0.05) is 49.9 Å². The normalized spacial score (nSPS) is 12.2. The van der Waals surface area contributed by atoms with E-state index >= 15 is 0 Å². The van der Waals surface area contributed by atoms with Crippen LogP contribution in [-0.4, -0.2) is 4.57 Å². The van der Waals surface area contributed by atoms with E-state index in [9.17, 15) is 0 Å². The van der Waals surface area contributed by atoms with E-state index < -0.39 is 0 Å². The Morgan fingerprint density at radius 1 is 0.469 bits per heavy atom. The summed E-state index contributed by atoms with van der Waals surface area (Å²) in [6.07, 6.45) is 6.54. The van der Waals surface area contributed by atoms with Crippen molar-refractivity contribution in [1.82, 2.24) is 4.57 Å². The lowest BCUT2D eigenvalue weighted by molar-refractivity contribution is 0.670. The fraction of sp³-hybridized carbons (Fsp3) is 0.0164. The van der Waals surface area contributed by atoms with Gasteiger partial charge in [-0.05, 0) is 123 Å². The number of hydrogen-bond donors (Lipinski definition) is 0. The van der Waals surface area contributed by atoms with Crippen molar-refractivity contribution in [1.29, 1.82) is 0 Å². The van der Waals surface area contributed by atoms with Gasteiger partial charge in [0.2, 0.25) is 0 Å². The van der Waals surface area contributed by atoms with Crippen molar-refractivity contribution in [3.8, 4) is 16.8 Å². The third kappa shape index (κ3) is 6.05. The quantitative estimate of drug-likeness (QED) is 0.112. The highest BCUT2D eigenvalue weighted by molar-refractivity contribution is 6.26. The maximum Gasteiger partial charge on any atom is 0.143 e. The minimum Gasteiger partial charge on any atom is -0.455 e. The Morgan fingerprint density at radius 2 is 1.06 bits per heavy atom. The summed E-state index contributed by atoms with van der Waals surface area (Å²) in [6.45, 7) is 6.74. The predicted molar refractivity (Wildman–Crippen MR) is 273 cm³/mol. The second kappa shape index (κ2) is 15.2. The monoisotopic (exact) mass is 818 g/mol. The van der Waals surface area contributed by atoms with E-state index in [1.807, 2.05) is 12.1 Å². The van der Waals surface area contributed by atoms with Crippen LogP contribution >= 0.6 is 0 Å². The molecule has 10 aromatic carbocycles. The van der Waals surface area contributed by atoms with E-state index in [1.54, 1.807) is 0 Å². The highest BCUT2D eigenvalue weighted by Gasteiger charge is 2.19. The smallest absolute Gasteiger partial charge is 0.143 e. The van der Waals surface area contributed by atoms with Gasteiger partial charge >= 0.3 is 0 Å². The maximum absolute atomic E-state index is 6.47. The molecule has 0 fully saturated rings. The average Bonchev–Trinajstić information content (AvgIpc) is 3.91. The number of furan rings is 1. The summed E-state index contributed by atoms with van der Waals surface area (Å²) in [7, 11) is 0. The van der Waals surface area contributed by atoms with E-state index in [1.165, 1.54) is 54.1 Å². The molecule has 0 amide bonds. The summed E-state index contributed by atoms with van der Waals surface area (Å²) in [5, 5.41) is 12.1. The number of para-hydroxylation sites is 4. The molecule has 2 aromatic heterocycles. The first-order chi connectivity index (χ1) is 31.6. The van der Waals surface area contributed by atoms with E-state index in [0.29, 0.717) is 0 Å². The number of anilines is 2. The van der Waals surface area contributed by atoms with Gasteiger partial charge in [-0.3, -0.25) is 0 Å². The van der Waals surface area contributed by atoms with Crippen LogP contribution in [0.1, 0.15) is 12.5 Å². The van der Waals surface area contributed by atoms with Gasteiger partial charge in [-0.25, -0.2) is 0 Å². The molecule has 12 rings (SSSR count). The van der Waals surface area contributed by atoms with E-state index in [4.69, 9.17) is 4.42 Å². The van der Waals surface area contributed by atoms with Crippen LogP contribution in [0.5, 0.6) is 0 Å². The first-order valence-corrected chi connectivity index (χ1v) is 21.9. The number of benzene rings is 10. The number of aromatic nitrogens is 1. The SMILES string of the molecule is C=C(/C=C\C(=C/C)N(c1ccc(-c2cccc3c2oc2ccccc23)cc1)c1ccc2c3ccccc3c3ccccc3c2c1)c1ccc2c(c1)c1ccccc1n2-c1ccccc1. The van der Waals surface area contributed by atoms with Crippen molar-refractivity contribution in [2.24, 2.45) is 0 Å².